The Morgan fingerprint density at radius 3 is 2.30 bits per heavy atom. The van der Waals surface area contributed by atoms with E-state index in [-0.39, 0.29) is 5.91 Å². The fraction of sp³-hybridized carbons (Fsp3) is 0.600. The summed E-state index contributed by atoms with van der Waals surface area (Å²) in [6.07, 6.45) is 1.67. The molecular weight excluding hydrogens is 252 g/mol. The lowest BCUT2D eigenvalue weighted by Gasteiger charge is -2.37. The number of aromatic nitrogens is 1. The van der Waals surface area contributed by atoms with Gasteiger partial charge in [0.05, 0.1) is 5.56 Å². The van der Waals surface area contributed by atoms with Gasteiger partial charge in [-0.2, -0.15) is 0 Å². The number of hydrogen-bond donors (Lipinski definition) is 0. The smallest absolute Gasteiger partial charge is 0.254 e. The van der Waals surface area contributed by atoms with Crippen LogP contribution in [0.5, 0.6) is 0 Å². The largest absolute Gasteiger partial charge is 0.354 e. The summed E-state index contributed by atoms with van der Waals surface area (Å²) in [4.78, 5) is 22.6. The van der Waals surface area contributed by atoms with Crippen LogP contribution in [0.4, 0.5) is 5.82 Å². The molecule has 0 aromatic carbocycles. The number of anilines is 1. The van der Waals surface area contributed by atoms with Crippen LogP contribution in [-0.2, 0) is 0 Å². The van der Waals surface area contributed by atoms with Crippen molar-refractivity contribution < 1.29 is 4.79 Å². The summed E-state index contributed by atoms with van der Waals surface area (Å²) in [5.74, 6) is 0.956. The predicted molar refractivity (Wildman–Crippen MR) is 81.2 cm³/mol. The van der Waals surface area contributed by atoms with Crippen molar-refractivity contribution in [3.8, 4) is 0 Å². The molecule has 1 aliphatic rings. The summed E-state index contributed by atoms with van der Waals surface area (Å²) < 4.78 is 0. The topological polar surface area (TPSA) is 39.7 Å². The van der Waals surface area contributed by atoms with Gasteiger partial charge in [0.2, 0.25) is 0 Å². The zero-order chi connectivity index (χ0) is 14.7. The average molecular weight is 276 g/mol. The fourth-order valence-corrected chi connectivity index (χ4v) is 2.43. The van der Waals surface area contributed by atoms with E-state index in [1.165, 1.54) is 0 Å². The van der Waals surface area contributed by atoms with E-state index in [4.69, 9.17) is 0 Å². The van der Waals surface area contributed by atoms with Crippen molar-refractivity contribution >= 4 is 11.7 Å². The lowest BCUT2D eigenvalue weighted by molar-refractivity contribution is 0.0827. The van der Waals surface area contributed by atoms with Gasteiger partial charge in [0.15, 0.2) is 0 Å². The number of carbonyl (C=O) groups excluding carboxylic acids is 1. The summed E-state index contributed by atoms with van der Waals surface area (Å²) >= 11 is 0. The summed E-state index contributed by atoms with van der Waals surface area (Å²) in [7, 11) is 3.50. The van der Waals surface area contributed by atoms with Crippen molar-refractivity contribution in [2.45, 2.75) is 19.9 Å². The highest BCUT2D eigenvalue weighted by molar-refractivity contribution is 5.93. The number of carbonyl (C=O) groups is 1. The van der Waals surface area contributed by atoms with Crippen molar-refractivity contribution in [2.75, 3.05) is 45.2 Å². The van der Waals surface area contributed by atoms with Gasteiger partial charge in [-0.15, -0.1) is 0 Å². The van der Waals surface area contributed by atoms with Crippen molar-refractivity contribution in [3.63, 3.8) is 0 Å². The Morgan fingerprint density at radius 2 is 1.85 bits per heavy atom. The van der Waals surface area contributed by atoms with E-state index >= 15 is 0 Å². The predicted octanol–water partition coefficient (Wildman–Crippen LogP) is 1.31. The third-order valence-corrected chi connectivity index (χ3v) is 3.77. The van der Waals surface area contributed by atoms with Crippen LogP contribution in [0.15, 0.2) is 18.3 Å². The fourth-order valence-electron chi connectivity index (χ4n) is 2.43. The molecule has 1 fully saturated rings. The monoisotopic (exact) mass is 276 g/mol. The van der Waals surface area contributed by atoms with Gasteiger partial charge in [0, 0.05) is 52.5 Å². The molecule has 1 saturated heterocycles. The molecule has 2 rings (SSSR count). The highest BCUT2D eigenvalue weighted by atomic mass is 16.2. The first-order chi connectivity index (χ1) is 9.49. The van der Waals surface area contributed by atoms with Crippen LogP contribution in [0.1, 0.15) is 24.2 Å². The van der Waals surface area contributed by atoms with Crippen LogP contribution in [0.3, 0.4) is 0 Å². The van der Waals surface area contributed by atoms with Crippen molar-refractivity contribution in [1.82, 2.24) is 14.8 Å². The summed E-state index contributed by atoms with van der Waals surface area (Å²) in [5, 5.41) is 0. The molecule has 110 valence electrons. The van der Waals surface area contributed by atoms with E-state index in [2.05, 4.69) is 28.6 Å². The number of rotatable bonds is 3. The number of piperazine rings is 1. The van der Waals surface area contributed by atoms with Crippen LogP contribution in [0, 0.1) is 0 Å². The molecule has 0 N–H and O–H groups in total. The number of hydrogen-bond acceptors (Lipinski definition) is 4. The van der Waals surface area contributed by atoms with Gasteiger partial charge < -0.3 is 9.80 Å². The normalized spacial score (nSPS) is 16.6. The molecule has 20 heavy (non-hydrogen) atoms. The summed E-state index contributed by atoms with van der Waals surface area (Å²) in [6.45, 7) is 8.58. The van der Waals surface area contributed by atoms with Crippen LogP contribution in [0.25, 0.3) is 0 Å². The van der Waals surface area contributed by atoms with Gasteiger partial charge in [-0.1, -0.05) is 0 Å². The summed E-state index contributed by atoms with van der Waals surface area (Å²) in [5.41, 5.74) is 0.638. The molecule has 1 aromatic heterocycles. The van der Waals surface area contributed by atoms with Crippen LogP contribution >= 0.6 is 0 Å². The molecular formula is C15H24N4O. The molecule has 0 radical (unpaired) electrons. The lowest BCUT2D eigenvalue weighted by atomic mass is 10.2. The Kier molecular flexibility index (Phi) is 4.60. The third kappa shape index (κ3) is 3.28. The molecule has 2 heterocycles. The van der Waals surface area contributed by atoms with Crippen LogP contribution in [-0.4, -0.2) is 67.0 Å². The summed E-state index contributed by atoms with van der Waals surface area (Å²) in [6, 6.07) is 4.41. The molecule has 5 nitrogen and oxygen atoms in total. The second-order valence-electron chi connectivity index (χ2n) is 5.72. The Hall–Kier alpha value is -1.62. The second kappa shape index (κ2) is 6.22. The van der Waals surface area contributed by atoms with Crippen molar-refractivity contribution in [2.24, 2.45) is 0 Å². The molecule has 0 bridgehead atoms. The minimum absolute atomic E-state index is 0.00585. The van der Waals surface area contributed by atoms with Gasteiger partial charge in [-0.05, 0) is 26.0 Å². The quantitative estimate of drug-likeness (QED) is 0.834. The molecule has 1 aromatic rings. The third-order valence-electron chi connectivity index (χ3n) is 3.77. The van der Waals surface area contributed by atoms with Gasteiger partial charge in [0.1, 0.15) is 5.82 Å². The second-order valence-corrected chi connectivity index (χ2v) is 5.72. The Bertz CT molecular complexity index is 447. The molecule has 0 saturated carbocycles. The van der Waals surface area contributed by atoms with E-state index in [1.54, 1.807) is 25.2 Å². The lowest BCUT2D eigenvalue weighted by Crippen LogP contribution is -2.49. The highest BCUT2D eigenvalue weighted by Crippen LogP contribution is 2.15. The first-order valence-corrected chi connectivity index (χ1v) is 7.15. The minimum atomic E-state index is -0.00585. The first kappa shape index (κ1) is 14.8. The maximum atomic E-state index is 11.8. The number of amides is 1. The number of pyridine rings is 1. The minimum Gasteiger partial charge on any atom is -0.354 e. The molecule has 0 aliphatic carbocycles. The molecule has 5 heteroatoms. The Morgan fingerprint density at radius 1 is 1.20 bits per heavy atom. The van der Waals surface area contributed by atoms with Gasteiger partial charge in [-0.25, -0.2) is 4.98 Å². The molecule has 0 unspecified atom stereocenters. The zero-order valence-electron chi connectivity index (χ0n) is 12.8. The van der Waals surface area contributed by atoms with E-state index in [9.17, 15) is 4.79 Å². The van der Waals surface area contributed by atoms with Crippen LogP contribution in [0.2, 0.25) is 0 Å². The van der Waals surface area contributed by atoms with E-state index in [0.29, 0.717) is 11.6 Å². The maximum absolute atomic E-state index is 11.8. The van der Waals surface area contributed by atoms with E-state index < -0.39 is 0 Å². The van der Waals surface area contributed by atoms with E-state index in [0.717, 1.165) is 32.0 Å². The van der Waals surface area contributed by atoms with Gasteiger partial charge in [0.25, 0.3) is 5.91 Å². The van der Waals surface area contributed by atoms with Gasteiger partial charge in [-0.3, -0.25) is 9.69 Å². The van der Waals surface area contributed by atoms with Crippen LogP contribution < -0.4 is 4.90 Å². The number of nitrogens with zero attached hydrogens (tertiary/aromatic N) is 4. The first-order valence-electron chi connectivity index (χ1n) is 7.15. The molecule has 1 amide bonds. The van der Waals surface area contributed by atoms with Crippen molar-refractivity contribution in [1.29, 1.82) is 0 Å². The Labute approximate surface area is 121 Å². The Balaban J connectivity index is 1.99. The SMILES string of the molecule is CC(C)N1CCN(c2ccc(C(=O)N(C)C)cn2)CC1. The highest BCUT2D eigenvalue weighted by Gasteiger charge is 2.19. The zero-order valence-corrected chi connectivity index (χ0v) is 12.8. The van der Waals surface area contributed by atoms with E-state index in [1.807, 2.05) is 12.1 Å². The molecule has 0 atom stereocenters. The standard InChI is InChI=1S/C15H24N4O/c1-12(2)18-7-9-19(10-8-18)14-6-5-13(11-16-14)15(20)17(3)4/h5-6,11-12H,7-10H2,1-4H3. The average Bonchev–Trinajstić information content (AvgIpc) is 2.46. The van der Waals surface area contributed by atoms with Gasteiger partial charge >= 0.3 is 0 Å². The van der Waals surface area contributed by atoms with Crippen molar-refractivity contribution in [3.05, 3.63) is 23.9 Å². The molecule has 0 spiro atoms. The molecule has 1 aliphatic heterocycles. The maximum Gasteiger partial charge on any atom is 0.254 e.